The summed E-state index contributed by atoms with van der Waals surface area (Å²) in [7, 11) is 0. The molecule has 0 aliphatic carbocycles. The largest absolute Gasteiger partial charge is 0.380 e. The Bertz CT molecular complexity index is 1040. The van der Waals surface area contributed by atoms with Crippen LogP contribution in [0.2, 0.25) is 0 Å². The number of hydrogen-bond acceptors (Lipinski definition) is 7. The lowest BCUT2D eigenvalue weighted by atomic mass is 10.0. The molecule has 0 bridgehead atoms. The first-order valence-electron chi connectivity index (χ1n) is 8.34. The van der Waals surface area contributed by atoms with Crippen LogP contribution in [0.15, 0.2) is 42.9 Å². The van der Waals surface area contributed by atoms with E-state index in [1.807, 2.05) is 35.0 Å². The van der Waals surface area contributed by atoms with Crippen LogP contribution in [0.1, 0.15) is 17.3 Å². The second-order valence-corrected chi connectivity index (χ2v) is 6.19. The van der Waals surface area contributed by atoms with E-state index in [2.05, 4.69) is 35.7 Å². The molecule has 0 unspecified atom stereocenters. The summed E-state index contributed by atoms with van der Waals surface area (Å²) in [6.45, 7) is 2.07. The molecule has 26 heavy (non-hydrogen) atoms. The minimum atomic E-state index is 0.399. The van der Waals surface area contributed by atoms with Gasteiger partial charge in [-0.2, -0.15) is 15.3 Å². The molecule has 0 amide bonds. The molecule has 2 N–H and O–H groups in total. The number of anilines is 2. The fourth-order valence-electron chi connectivity index (χ4n) is 2.89. The number of aromatic amines is 1. The predicted molar refractivity (Wildman–Crippen MR) is 94.1 cm³/mol. The first-order chi connectivity index (χ1) is 12.8. The van der Waals surface area contributed by atoms with E-state index < -0.39 is 0 Å². The average molecular weight is 348 g/mol. The number of fused-ring (bicyclic) bond motifs is 1. The molecule has 1 saturated heterocycles. The summed E-state index contributed by atoms with van der Waals surface area (Å²) in [6, 6.07) is 7.72. The maximum Gasteiger partial charge on any atom is 0.161 e. The Morgan fingerprint density at radius 3 is 3.04 bits per heavy atom. The van der Waals surface area contributed by atoms with Crippen molar-refractivity contribution in [2.75, 3.05) is 18.5 Å². The number of rotatable bonds is 5. The van der Waals surface area contributed by atoms with Crippen molar-refractivity contribution in [3.8, 4) is 0 Å². The van der Waals surface area contributed by atoms with Gasteiger partial charge in [0, 0.05) is 30.1 Å². The van der Waals surface area contributed by atoms with Crippen LogP contribution in [0.4, 0.5) is 11.6 Å². The molecule has 0 spiro atoms. The fourth-order valence-corrected chi connectivity index (χ4v) is 2.89. The Morgan fingerprint density at radius 2 is 2.23 bits per heavy atom. The van der Waals surface area contributed by atoms with Crippen molar-refractivity contribution in [3.05, 3.63) is 54.2 Å². The van der Waals surface area contributed by atoms with Crippen molar-refractivity contribution in [1.82, 2.24) is 34.9 Å². The molecule has 4 aromatic rings. The quantitative estimate of drug-likeness (QED) is 0.567. The van der Waals surface area contributed by atoms with Crippen molar-refractivity contribution in [2.45, 2.75) is 12.5 Å². The molecule has 1 aliphatic rings. The summed E-state index contributed by atoms with van der Waals surface area (Å²) < 4.78 is 7.21. The SMILES string of the molecule is c1cnnc(Cn2ccc3ncc(Nc4cc(C5COC5)[nH]n4)nc32)c1. The van der Waals surface area contributed by atoms with Crippen LogP contribution in [0.5, 0.6) is 0 Å². The van der Waals surface area contributed by atoms with Crippen molar-refractivity contribution in [1.29, 1.82) is 0 Å². The third-order valence-corrected chi connectivity index (χ3v) is 4.36. The van der Waals surface area contributed by atoms with Crippen LogP contribution in [0.25, 0.3) is 11.2 Å². The third kappa shape index (κ3) is 2.78. The molecule has 5 heterocycles. The van der Waals surface area contributed by atoms with Gasteiger partial charge < -0.3 is 14.6 Å². The van der Waals surface area contributed by atoms with Gasteiger partial charge in [-0.1, -0.05) is 0 Å². The number of ether oxygens (including phenoxy) is 1. The highest BCUT2D eigenvalue weighted by Gasteiger charge is 2.22. The van der Waals surface area contributed by atoms with Gasteiger partial charge in [-0.3, -0.25) is 5.10 Å². The molecule has 0 radical (unpaired) electrons. The Hall–Kier alpha value is -3.33. The Balaban J connectivity index is 1.40. The van der Waals surface area contributed by atoms with Crippen molar-refractivity contribution >= 4 is 22.8 Å². The summed E-state index contributed by atoms with van der Waals surface area (Å²) in [5.74, 6) is 1.75. The van der Waals surface area contributed by atoms with Crippen LogP contribution in [0, 0.1) is 0 Å². The van der Waals surface area contributed by atoms with Crippen LogP contribution in [-0.2, 0) is 11.3 Å². The van der Waals surface area contributed by atoms with Gasteiger partial charge in [-0.15, -0.1) is 0 Å². The van der Waals surface area contributed by atoms with E-state index in [-0.39, 0.29) is 0 Å². The summed E-state index contributed by atoms with van der Waals surface area (Å²) in [6.07, 6.45) is 5.31. The number of aromatic nitrogens is 7. The number of nitrogens with zero attached hydrogens (tertiary/aromatic N) is 6. The predicted octanol–water partition coefficient (Wildman–Crippen LogP) is 1.85. The van der Waals surface area contributed by atoms with Crippen molar-refractivity contribution < 1.29 is 4.74 Å². The van der Waals surface area contributed by atoms with Gasteiger partial charge in [0.1, 0.15) is 5.52 Å². The molecule has 4 aromatic heterocycles. The molecule has 130 valence electrons. The maximum atomic E-state index is 5.22. The molecule has 1 aliphatic heterocycles. The zero-order valence-corrected chi connectivity index (χ0v) is 13.8. The normalized spacial score (nSPS) is 14.5. The minimum absolute atomic E-state index is 0.399. The summed E-state index contributed by atoms with van der Waals surface area (Å²) in [5, 5.41) is 18.6. The molecule has 0 atom stereocenters. The Morgan fingerprint density at radius 1 is 1.27 bits per heavy atom. The van der Waals surface area contributed by atoms with E-state index in [9.17, 15) is 0 Å². The lowest BCUT2D eigenvalue weighted by molar-refractivity contribution is 0.00670. The van der Waals surface area contributed by atoms with Crippen LogP contribution in [-0.4, -0.2) is 48.1 Å². The molecule has 0 aromatic carbocycles. The lowest BCUT2D eigenvalue weighted by Gasteiger charge is -2.24. The van der Waals surface area contributed by atoms with E-state index >= 15 is 0 Å². The third-order valence-electron chi connectivity index (χ3n) is 4.36. The number of nitrogens with one attached hydrogen (secondary N) is 2. The first-order valence-corrected chi connectivity index (χ1v) is 8.34. The van der Waals surface area contributed by atoms with Crippen LogP contribution in [0.3, 0.4) is 0 Å². The summed E-state index contributed by atoms with van der Waals surface area (Å²) in [5.41, 5.74) is 3.54. The van der Waals surface area contributed by atoms with E-state index in [0.717, 1.165) is 35.8 Å². The molecule has 9 nitrogen and oxygen atoms in total. The standard InChI is InChI=1S/C17H16N8O/c1-2-12(22-19-4-1)8-25-5-3-13-17(25)21-16(7-18-13)20-15-6-14(23-24-15)11-9-26-10-11/h1-7,11H,8-10H2,(H2,20,21,23,24). The van der Waals surface area contributed by atoms with Gasteiger partial charge in [-0.25, -0.2) is 9.97 Å². The van der Waals surface area contributed by atoms with Crippen LogP contribution >= 0.6 is 0 Å². The fraction of sp³-hybridized carbons (Fsp3) is 0.235. The summed E-state index contributed by atoms with van der Waals surface area (Å²) in [4.78, 5) is 9.15. The van der Waals surface area contributed by atoms with Gasteiger partial charge in [-0.05, 0) is 18.2 Å². The molecular weight excluding hydrogens is 332 g/mol. The second-order valence-electron chi connectivity index (χ2n) is 6.19. The van der Waals surface area contributed by atoms with Gasteiger partial charge in [0.25, 0.3) is 0 Å². The van der Waals surface area contributed by atoms with Crippen molar-refractivity contribution in [2.24, 2.45) is 0 Å². The number of hydrogen-bond donors (Lipinski definition) is 2. The van der Waals surface area contributed by atoms with Crippen molar-refractivity contribution in [3.63, 3.8) is 0 Å². The van der Waals surface area contributed by atoms with Gasteiger partial charge in [0.05, 0.1) is 31.6 Å². The van der Waals surface area contributed by atoms with E-state index in [1.165, 1.54) is 0 Å². The zero-order chi connectivity index (χ0) is 17.3. The average Bonchev–Trinajstić information content (AvgIpc) is 3.22. The van der Waals surface area contributed by atoms with E-state index in [4.69, 9.17) is 4.74 Å². The molecule has 9 heteroatoms. The highest BCUT2D eigenvalue weighted by molar-refractivity contribution is 5.73. The second kappa shape index (κ2) is 6.19. The zero-order valence-electron chi connectivity index (χ0n) is 13.8. The maximum absolute atomic E-state index is 5.22. The summed E-state index contributed by atoms with van der Waals surface area (Å²) >= 11 is 0. The molecular formula is C17H16N8O. The Labute approximate surface area is 148 Å². The highest BCUT2D eigenvalue weighted by Crippen LogP contribution is 2.25. The molecule has 5 rings (SSSR count). The van der Waals surface area contributed by atoms with E-state index in [0.29, 0.717) is 24.1 Å². The molecule has 1 fully saturated rings. The van der Waals surface area contributed by atoms with Gasteiger partial charge in [0.15, 0.2) is 17.3 Å². The highest BCUT2D eigenvalue weighted by atomic mass is 16.5. The van der Waals surface area contributed by atoms with E-state index in [1.54, 1.807) is 12.4 Å². The minimum Gasteiger partial charge on any atom is -0.380 e. The van der Waals surface area contributed by atoms with Crippen LogP contribution < -0.4 is 5.32 Å². The molecule has 0 saturated carbocycles. The lowest BCUT2D eigenvalue weighted by Crippen LogP contribution is -2.25. The van der Waals surface area contributed by atoms with Gasteiger partial charge in [0.2, 0.25) is 0 Å². The smallest absolute Gasteiger partial charge is 0.161 e. The number of H-pyrrole nitrogens is 1. The monoisotopic (exact) mass is 348 g/mol. The Kier molecular flexibility index (Phi) is 3.56. The topological polar surface area (TPSA) is 106 Å². The first kappa shape index (κ1) is 15.0. The van der Waals surface area contributed by atoms with Gasteiger partial charge >= 0.3 is 0 Å².